The summed E-state index contributed by atoms with van der Waals surface area (Å²) in [4.78, 5) is 24.6. The van der Waals surface area contributed by atoms with Crippen LogP contribution >= 0.6 is 0 Å². The lowest BCUT2D eigenvalue weighted by molar-refractivity contribution is -0.129. The minimum Gasteiger partial charge on any atom is -0.367 e. The number of anilines is 1. The first-order chi connectivity index (χ1) is 9.80. The van der Waals surface area contributed by atoms with E-state index in [9.17, 15) is 14.0 Å². The van der Waals surface area contributed by atoms with Crippen LogP contribution in [0.1, 0.15) is 17.5 Å². The summed E-state index contributed by atoms with van der Waals surface area (Å²) in [6.07, 6.45) is 0.0408. The zero-order valence-electron chi connectivity index (χ0n) is 12.3. The summed E-state index contributed by atoms with van der Waals surface area (Å²) in [5.41, 5.74) is 5.86. The number of nitrogens with zero attached hydrogens (tertiary/aromatic N) is 1. The maximum atomic E-state index is 14.0. The molecule has 0 radical (unpaired) electrons. The molecule has 1 aliphatic rings. The monoisotopic (exact) mass is 293 g/mol. The van der Waals surface area contributed by atoms with Crippen molar-refractivity contribution in [1.29, 1.82) is 0 Å². The molecule has 1 unspecified atom stereocenters. The molecule has 1 aliphatic heterocycles. The van der Waals surface area contributed by atoms with Gasteiger partial charge >= 0.3 is 0 Å². The number of aryl methyl sites for hydroxylation is 2. The van der Waals surface area contributed by atoms with Gasteiger partial charge in [-0.1, -0.05) is 17.7 Å². The Morgan fingerprint density at radius 3 is 2.71 bits per heavy atom. The van der Waals surface area contributed by atoms with Gasteiger partial charge in [0.1, 0.15) is 0 Å². The number of alkyl halides is 1. The van der Waals surface area contributed by atoms with Crippen molar-refractivity contribution in [2.45, 2.75) is 25.9 Å². The fourth-order valence-electron chi connectivity index (χ4n) is 2.53. The molecule has 2 amide bonds. The van der Waals surface area contributed by atoms with Gasteiger partial charge in [0, 0.05) is 25.2 Å². The Morgan fingerprint density at radius 1 is 1.43 bits per heavy atom. The fourth-order valence-corrected chi connectivity index (χ4v) is 2.53. The minimum atomic E-state index is -2.01. The maximum absolute atomic E-state index is 14.0. The number of primary amides is 1. The Balaban J connectivity index is 1.93. The van der Waals surface area contributed by atoms with E-state index in [2.05, 4.69) is 5.32 Å². The van der Waals surface area contributed by atoms with Crippen LogP contribution in [-0.4, -0.2) is 42.0 Å². The Labute approximate surface area is 123 Å². The molecule has 5 nitrogen and oxygen atoms in total. The van der Waals surface area contributed by atoms with E-state index in [-0.39, 0.29) is 25.4 Å². The molecule has 2 rings (SSSR count). The van der Waals surface area contributed by atoms with E-state index >= 15 is 0 Å². The molecule has 1 atom stereocenters. The molecule has 1 heterocycles. The normalized spacial score (nSPS) is 22.2. The second kappa shape index (κ2) is 5.81. The highest BCUT2D eigenvalue weighted by Crippen LogP contribution is 2.25. The summed E-state index contributed by atoms with van der Waals surface area (Å²) >= 11 is 0. The van der Waals surface area contributed by atoms with Gasteiger partial charge in [0.15, 0.2) is 0 Å². The summed E-state index contributed by atoms with van der Waals surface area (Å²) in [6, 6.07) is 5.73. The van der Waals surface area contributed by atoms with E-state index < -0.39 is 11.6 Å². The molecule has 0 bridgehead atoms. The summed E-state index contributed by atoms with van der Waals surface area (Å²) in [7, 11) is 0. The number of nitrogens with two attached hydrogens (primary N) is 1. The van der Waals surface area contributed by atoms with Gasteiger partial charge in [-0.25, -0.2) is 4.39 Å². The molecule has 0 spiro atoms. The van der Waals surface area contributed by atoms with Crippen LogP contribution in [0.15, 0.2) is 18.2 Å². The molecule has 3 N–H and O–H groups in total. The van der Waals surface area contributed by atoms with Crippen molar-refractivity contribution in [3.63, 3.8) is 0 Å². The predicted octanol–water partition coefficient (Wildman–Crippen LogP) is 1.14. The van der Waals surface area contributed by atoms with Crippen LogP contribution in [-0.2, 0) is 9.59 Å². The third kappa shape index (κ3) is 3.58. The van der Waals surface area contributed by atoms with Crippen LogP contribution in [0.2, 0.25) is 0 Å². The van der Waals surface area contributed by atoms with Crippen molar-refractivity contribution in [2.75, 3.05) is 25.0 Å². The summed E-state index contributed by atoms with van der Waals surface area (Å²) in [6.45, 7) is 4.17. The molecule has 1 aromatic carbocycles. The van der Waals surface area contributed by atoms with Crippen LogP contribution in [0.5, 0.6) is 0 Å². The maximum Gasteiger partial charge on any atom is 0.256 e. The lowest BCUT2D eigenvalue weighted by Gasteiger charge is -2.18. The second-order valence-electron chi connectivity index (χ2n) is 5.66. The largest absolute Gasteiger partial charge is 0.367 e. The van der Waals surface area contributed by atoms with Gasteiger partial charge in [0.2, 0.25) is 11.6 Å². The van der Waals surface area contributed by atoms with E-state index in [1.807, 2.05) is 32.0 Å². The number of hydrogen-bond acceptors (Lipinski definition) is 3. The molecule has 114 valence electrons. The van der Waals surface area contributed by atoms with Crippen molar-refractivity contribution in [3.8, 4) is 0 Å². The highest BCUT2D eigenvalue weighted by Gasteiger charge is 2.43. The van der Waals surface area contributed by atoms with Crippen LogP contribution in [0.25, 0.3) is 0 Å². The van der Waals surface area contributed by atoms with Crippen molar-refractivity contribution in [3.05, 3.63) is 29.3 Å². The Bertz CT molecular complexity index is 576. The minimum absolute atomic E-state index is 0.0408. The molecule has 0 saturated carbocycles. The van der Waals surface area contributed by atoms with Gasteiger partial charge < -0.3 is 11.1 Å². The molecule has 1 saturated heterocycles. The lowest BCUT2D eigenvalue weighted by atomic mass is 10.1. The highest BCUT2D eigenvalue weighted by molar-refractivity contribution is 5.93. The number of amides is 2. The number of hydrogen-bond donors (Lipinski definition) is 2. The first kappa shape index (κ1) is 15.4. The van der Waals surface area contributed by atoms with Crippen LogP contribution in [0.3, 0.4) is 0 Å². The fraction of sp³-hybridized carbons (Fsp3) is 0.467. The van der Waals surface area contributed by atoms with E-state index in [0.717, 1.165) is 16.8 Å². The molecule has 1 aromatic rings. The van der Waals surface area contributed by atoms with Gasteiger partial charge in [-0.3, -0.25) is 14.5 Å². The molecular formula is C15H20FN3O2. The first-order valence-corrected chi connectivity index (χ1v) is 6.88. The molecule has 1 fully saturated rings. The zero-order chi connectivity index (χ0) is 15.6. The van der Waals surface area contributed by atoms with E-state index in [1.165, 1.54) is 0 Å². The van der Waals surface area contributed by atoms with Gasteiger partial charge in [0.05, 0.1) is 6.54 Å². The Hall–Kier alpha value is -1.95. The number of nitrogens with one attached hydrogen (secondary N) is 1. The summed E-state index contributed by atoms with van der Waals surface area (Å²) in [5.74, 6) is -1.18. The highest BCUT2D eigenvalue weighted by atomic mass is 19.1. The number of rotatable bonds is 4. The number of benzene rings is 1. The molecule has 0 aromatic heterocycles. The third-order valence-corrected chi connectivity index (χ3v) is 3.76. The average Bonchev–Trinajstić information content (AvgIpc) is 2.76. The number of carbonyl (C=O) groups is 2. The van der Waals surface area contributed by atoms with Gasteiger partial charge in [0.25, 0.3) is 5.91 Å². The van der Waals surface area contributed by atoms with Crippen molar-refractivity contribution in [1.82, 2.24) is 4.90 Å². The van der Waals surface area contributed by atoms with Crippen LogP contribution in [0, 0.1) is 13.8 Å². The van der Waals surface area contributed by atoms with Crippen molar-refractivity contribution in [2.24, 2.45) is 5.73 Å². The predicted molar refractivity (Wildman–Crippen MR) is 78.6 cm³/mol. The van der Waals surface area contributed by atoms with E-state index in [4.69, 9.17) is 5.73 Å². The third-order valence-electron chi connectivity index (χ3n) is 3.76. The van der Waals surface area contributed by atoms with Gasteiger partial charge in [-0.15, -0.1) is 0 Å². The number of halogens is 1. The van der Waals surface area contributed by atoms with Crippen molar-refractivity contribution >= 4 is 17.5 Å². The Kier molecular flexibility index (Phi) is 4.27. The van der Waals surface area contributed by atoms with E-state index in [0.29, 0.717) is 6.54 Å². The SMILES string of the molecule is Cc1ccc(NC(=O)CN2CCC(F)(C(N)=O)C2)c(C)c1. The number of likely N-dealkylation sites (tertiary alicyclic amines) is 1. The zero-order valence-corrected chi connectivity index (χ0v) is 12.3. The second-order valence-corrected chi connectivity index (χ2v) is 5.66. The Morgan fingerprint density at radius 2 is 2.14 bits per heavy atom. The molecule has 6 heteroatoms. The van der Waals surface area contributed by atoms with Gasteiger partial charge in [-0.2, -0.15) is 0 Å². The quantitative estimate of drug-likeness (QED) is 0.874. The molecular weight excluding hydrogens is 273 g/mol. The first-order valence-electron chi connectivity index (χ1n) is 6.88. The molecule has 0 aliphatic carbocycles. The summed E-state index contributed by atoms with van der Waals surface area (Å²) < 4.78 is 14.0. The summed E-state index contributed by atoms with van der Waals surface area (Å²) in [5, 5.41) is 2.80. The van der Waals surface area contributed by atoms with Crippen LogP contribution < -0.4 is 11.1 Å². The van der Waals surface area contributed by atoms with Gasteiger partial charge in [-0.05, 0) is 25.5 Å². The topological polar surface area (TPSA) is 75.4 Å². The lowest BCUT2D eigenvalue weighted by Crippen LogP contribution is -2.43. The van der Waals surface area contributed by atoms with E-state index in [1.54, 1.807) is 4.90 Å². The number of carbonyl (C=O) groups excluding carboxylic acids is 2. The van der Waals surface area contributed by atoms with Crippen molar-refractivity contribution < 1.29 is 14.0 Å². The standard InChI is InChI=1S/C15H20FN3O2/c1-10-3-4-12(11(2)7-10)18-13(20)8-19-6-5-15(16,9-19)14(17)21/h3-4,7H,5-6,8-9H2,1-2H3,(H2,17,21)(H,18,20). The average molecular weight is 293 g/mol. The molecule has 21 heavy (non-hydrogen) atoms. The smallest absolute Gasteiger partial charge is 0.256 e. The van der Waals surface area contributed by atoms with Crippen LogP contribution in [0.4, 0.5) is 10.1 Å².